The van der Waals surface area contributed by atoms with Crippen LogP contribution in [0.25, 0.3) is 0 Å². The molecule has 0 saturated heterocycles. The number of aliphatic hydroxyl groups is 1. The van der Waals surface area contributed by atoms with E-state index in [0.717, 1.165) is 7.11 Å². The van der Waals surface area contributed by atoms with Gasteiger partial charge in [-0.25, -0.2) is 0 Å². The van der Waals surface area contributed by atoms with E-state index in [-0.39, 0.29) is 29.8 Å². The minimum atomic E-state index is 0. The number of rotatable bonds is 0. The van der Waals surface area contributed by atoms with E-state index < -0.39 is 0 Å². The van der Waals surface area contributed by atoms with Gasteiger partial charge in [-0.3, -0.25) is 0 Å². The van der Waals surface area contributed by atoms with E-state index in [0.29, 0.717) is 0 Å². The Morgan fingerprint density at radius 1 is 1.20 bits per heavy atom. The molecule has 3 nitrogen and oxygen atoms in total. The van der Waals surface area contributed by atoms with Crippen LogP contribution in [0.1, 0.15) is 0 Å². The van der Waals surface area contributed by atoms with Crippen LogP contribution in [-0.4, -0.2) is 23.2 Å². The van der Waals surface area contributed by atoms with Crippen molar-refractivity contribution in [1.29, 1.82) is 0 Å². The van der Waals surface area contributed by atoms with Crippen molar-refractivity contribution in [1.82, 2.24) is 0 Å². The van der Waals surface area contributed by atoms with E-state index in [9.17, 15) is 0 Å². The fourth-order valence-corrected chi connectivity index (χ4v) is 0. The van der Waals surface area contributed by atoms with E-state index >= 15 is 0 Å². The maximum absolute atomic E-state index is 7.00. The van der Waals surface area contributed by atoms with Gasteiger partial charge in [0, 0.05) is 7.11 Å². The van der Waals surface area contributed by atoms with Crippen LogP contribution in [0.3, 0.4) is 0 Å². The third-order valence-electron chi connectivity index (χ3n) is 0. The zero-order valence-electron chi connectivity index (χ0n) is 3.39. The molecule has 0 amide bonds. The first-order valence-corrected chi connectivity index (χ1v) is 0.447. The molecule has 30 valence electrons. The molecule has 4 heteroatoms. The van der Waals surface area contributed by atoms with Gasteiger partial charge in [-0.05, 0) is 0 Å². The molecule has 0 radical (unpaired) electrons. The first-order chi connectivity index (χ1) is 1.00. The molecule has 5 heavy (non-hydrogen) atoms. The Bertz CT molecular complexity index is 6.85. The third-order valence-corrected chi connectivity index (χ3v) is 0. The molecular weight excluding hydrogens is 66.9 g/mol. The van der Waals surface area contributed by atoms with Crippen molar-refractivity contribution < 1.29 is 34.9 Å². The van der Waals surface area contributed by atoms with Crippen molar-refractivity contribution in [2.45, 2.75) is 0 Å². The van der Waals surface area contributed by atoms with E-state index in [2.05, 4.69) is 0 Å². The molecule has 0 aromatic rings. The molecule has 0 atom stereocenters. The van der Waals surface area contributed by atoms with Crippen LogP contribution in [0.4, 0.5) is 0 Å². The van der Waals surface area contributed by atoms with Crippen molar-refractivity contribution >= 4 is 0 Å². The summed E-state index contributed by atoms with van der Waals surface area (Å²) < 4.78 is 0. The molecule has 0 aliphatic carbocycles. The summed E-state index contributed by atoms with van der Waals surface area (Å²) in [7, 11) is 1.00. The van der Waals surface area contributed by atoms with E-state index in [1.54, 1.807) is 0 Å². The van der Waals surface area contributed by atoms with Gasteiger partial charge in [0.2, 0.25) is 0 Å². The molecule has 0 heterocycles. The molecule has 0 spiro atoms. The van der Waals surface area contributed by atoms with Gasteiger partial charge in [0.1, 0.15) is 0 Å². The summed E-state index contributed by atoms with van der Waals surface area (Å²) in [5.74, 6) is 0. The van der Waals surface area contributed by atoms with Gasteiger partial charge in [-0.1, -0.05) is 0 Å². The van der Waals surface area contributed by atoms with Gasteiger partial charge in [-0.2, -0.15) is 0 Å². The molecule has 0 rings (SSSR count). The fourth-order valence-electron chi connectivity index (χ4n) is 0. The van der Waals surface area contributed by atoms with Gasteiger partial charge >= 0.3 is 18.9 Å². The molecule has 0 unspecified atom stereocenters. The van der Waals surface area contributed by atoms with Crippen molar-refractivity contribution in [3.05, 3.63) is 0 Å². The standard InChI is InChI=1S/CH4O.Li.2H2O/c1-2;;;/h2H,1H3;;2*1H2/q;+1;;/p-1. The molecule has 0 aliphatic heterocycles. The Hall–Kier alpha value is 0.477. The second-order valence-electron chi connectivity index (χ2n) is 0. The molecule has 0 aromatic carbocycles. The molecular formula is CH7LiO3. The fraction of sp³-hybridized carbons (Fsp3) is 1.00. The maximum Gasteiger partial charge on any atom is 1.00 e. The zero-order chi connectivity index (χ0) is 2.00. The van der Waals surface area contributed by atoms with Crippen LogP contribution in [0.2, 0.25) is 0 Å². The summed E-state index contributed by atoms with van der Waals surface area (Å²) in [5.41, 5.74) is 0. The van der Waals surface area contributed by atoms with Crippen LogP contribution < -0.4 is 18.9 Å². The summed E-state index contributed by atoms with van der Waals surface area (Å²) in [6.45, 7) is 0. The monoisotopic (exact) mass is 74.1 g/mol. The molecule has 0 bridgehead atoms. The third kappa shape index (κ3) is 121. The molecule has 0 aliphatic rings. The van der Waals surface area contributed by atoms with Crippen LogP contribution in [0.5, 0.6) is 0 Å². The summed E-state index contributed by atoms with van der Waals surface area (Å²) in [6, 6.07) is 0. The Balaban J connectivity index is -0.00000000167. The number of hydrogen-bond donors (Lipinski definition) is 1. The van der Waals surface area contributed by atoms with Gasteiger partial charge in [0.25, 0.3) is 0 Å². The molecule has 0 saturated carbocycles. The normalized spacial score (nSPS) is 1.20. The summed E-state index contributed by atoms with van der Waals surface area (Å²) in [6.07, 6.45) is 0. The minimum Gasteiger partial charge on any atom is -0.870 e. The molecule has 0 aromatic heterocycles. The van der Waals surface area contributed by atoms with Crippen LogP contribution in [-0.2, 0) is 0 Å². The Morgan fingerprint density at radius 2 is 1.20 bits per heavy atom. The first kappa shape index (κ1) is 50.3. The zero-order valence-corrected chi connectivity index (χ0v) is 3.39. The molecule has 0 fully saturated rings. The van der Waals surface area contributed by atoms with Crippen molar-refractivity contribution in [2.24, 2.45) is 0 Å². The average Bonchev–Trinajstić information content (AvgIpc) is 1.00. The van der Waals surface area contributed by atoms with E-state index in [4.69, 9.17) is 5.11 Å². The topological polar surface area (TPSA) is 81.7 Å². The van der Waals surface area contributed by atoms with E-state index in [1.807, 2.05) is 0 Å². The Morgan fingerprint density at radius 3 is 1.20 bits per heavy atom. The smallest absolute Gasteiger partial charge is 0.870 e. The Kier molecular flexibility index (Phi) is 2390. The predicted molar refractivity (Wildman–Crippen MR) is 13.7 cm³/mol. The quantitative estimate of drug-likeness (QED) is 0.294. The van der Waals surface area contributed by atoms with Gasteiger partial charge in [0.05, 0.1) is 0 Å². The second-order valence-corrected chi connectivity index (χ2v) is 0. The van der Waals surface area contributed by atoms with Crippen molar-refractivity contribution in [2.75, 3.05) is 7.11 Å². The van der Waals surface area contributed by atoms with Gasteiger partial charge in [-0.15, -0.1) is 0 Å². The van der Waals surface area contributed by atoms with Gasteiger partial charge < -0.3 is 16.1 Å². The number of hydrogen-bond acceptors (Lipinski definition) is 2. The Labute approximate surface area is 42.8 Å². The van der Waals surface area contributed by atoms with Crippen LogP contribution >= 0.6 is 0 Å². The minimum absolute atomic E-state index is 0. The maximum atomic E-state index is 7.00. The van der Waals surface area contributed by atoms with Crippen LogP contribution in [0.15, 0.2) is 0 Å². The largest absolute Gasteiger partial charge is 1.00 e. The van der Waals surface area contributed by atoms with Crippen molar-refractivity contribution in [3.63, 3.8) is 0 Å². The van der Waals surface area contributed by atoms with Crippen LogP contribution in [0, 0.1) is 0 Å². The molecule has 4 N–H and O–H groups in total. The first-order valence-electron chi connectivity index (χ1n) is 0.447. The predicted octanol–water partition coefficient (Wildman–Crippen LogP) is -4.39. The summed E-state index contributed by atoms with van der Waals surface area (Å²) in [5, 5.41) is 7.00. The van der Waals surface area contributed by atoms with Crippen molar-refractivity contribution in [3.8, 4) is 0 Å². The second kappa shape index (κ2) is 238. The summed E-state index contributed by atoms with van der Waals surface area (Å²) in [4.78, 5) is 0. The van der Waals surface area contributed by atoms with E-state index in [1.165, 1.54) is 0 Å². The summed E-state index contributed by atoms with van der Waals surface area (Å²) >= 11 is 0. The average molecular weight is 74.0 g/mol. The number of aliphatic hydroxyl groups excluding tert-OH is 1. The van der Waals surface area contributed by atoms with Gasteiger partial charge in [0.15, 0.2) is 0 Å². The SMILES string of the molecule is CO.O.[Li+].[OH-].